The molecule has 0 bridgehead atoms. The van der Waals surface area contributed by atoms with Crippen molar-refractivity contribution in [3.8, 4) is 0 Å². The van der Waals surface area contributed by atoms with Crippen LogP contribution in [0.25, 0.3) is 0 Å². The van der Waals surface area contributed by atoms with E-state index in [0.29, 0.717) is 17.4 Å². The van der Waals surface area contributed by atoms with E-state index in [2.05, 4.69) is 5.32 Å². The third-order valence-corrected chi connectivity index (χ3v) is 4.66. The van der Waals surface area contributed by atoms with Gasteiger partial charge in [0.15, 0.2) is 0 Å². The van der Waals surface area contributed by atoms with Crippen LogP contribution in [0.15, 0.2) is 17.2 Å². The predicted octanol–water partition coefficient (Wildman–Crippen LogP) is 1.80. The van der Waals surface area contributed by atoms with Crippen LogP contribution in [0.5, 0.6) is 0 Å². The van der Waals surface area contributed by atoms with E-state index in [1.54, 1.807) is 11.6 Å². The highest BCUT2D eigenvalue weighted by atomic mass is 32.2. The van der Waals surface area contributed by atoms with Gasteiger partial charge in [0.05, 0.1) is 0 Å². The lowest BCUT2D eigenvalue weighted by Gasteiger charge is -2.17. The molecule has 0 unspecified atom stereocenters. The quantitative estimate of drug-likeness (QED) is 0.831. The zero-order chi connectivity index (χ0) is 16.3. The summed E-state index contributed by atoms with van der Waals surface area (Å²) in [7, 11) is -1.50. The molecule has 0 amide bonds. The first-order chi connectivity index (χ1) is 9.61. The minimum absolute atomic E-state index is 0.118. The van der Waals surface area contributed by atoms with E-state index in [-0.39, 0.29) is 4.90 Å². The molecule has 9 heteroatoms. The van der Waals surface area contributed by atoms with Gasteiger partial charge in [-0.3, -0.25) is 0 Å². The maximum Gasteiger partial charge on any atom is 0.402 e. The lowest BCUT2D eigenvalue weighted by molar-refractivity contribution is -0.134. The fourth-order valence-electron chi connectivity index (χ4n) is 1.96. The molecule has 0 aromatic carbocycles. The van der Waals surface area contributed by atoms with Crippen LogP contribution < -0.4 is 5.32 Å². The average Bonchev–Trinajstić information content (AvgIpc) is 2.72. The Morgan fingerprint density at radius 1 is 1.38 bits per heavy atom. The van der Waals surface area contributed by atoms with E-state index in [0.717, 1.165) is 19.2 Å². The minimum Gasteiger partial charge on any atom is -0.349 e. The molecular weight excluding hydrogens is 307 g/mol. The van der Waals surface area contributed by atoms with Gasteiger partial charge in [0.2, 0.25) is 10.0 Å². The van der Waals surface area contributed by atoms with E-state index in [1.165, 1.54) is 12.3 Å². The first kappa shape index (κ1) is 18.0. The summed E-state index contributed by atoms with van der Waals surface area (Å²) in [5, 5.41) is 2.91. The number of nitrogens with one attached hydrogen (secondary N) is 1. The van der Waals surface area contributed by atoms with Gasteiger partial charge in [0.25, 0.3) is 0 Å². The lowest BCUT2D eigenvalue weighted by atomic mass is 10.4. The van der Waals surface area contributed by atoms with E-state index in [1.807, 2.05) is 6.92 Å². The summed E-state index contributed by atoms with van der Waals surface area (Å²) in [6, 6.07) is 1.41. The topological polar surface area (TPSA) is 54.3 Å². The smallest absolute Gasteiger partial charge is 0.349 e. The highest BCUT2D eigenvalue weighted by Gasteiger charge is 2.35. The lowest BCUT2D eigenvalue weighted by Crippen LogP contribution is -2.35. The Bertz CT molecular complexity index is 543. The summed E-state index contributed by atoms with van der Waals surface area (Å²) in [5.74, 6) is 0. The molecular formula is C12H20F3N3O2S. The van der Waals surface area contributed by atoms with Crippen LogP contribution in [-0.2, 0) is 23.1 Å². The Morgan fingerprint density at radius 3 is 2.48 bits per heavy atom. The van der Waals surface area contributed by atoms with Crippen LogP contribution >= 0.6 is 0 Å². The Labute approximate surface area is 122 Å². The Balaban J connectivity index is 3.10. The summed E-state index contributed by atoms with van der Waals surface area (Å²) in [5.41, 5.74) is 0.721. The summed E-state index contributed by atoms with van der Waals surface area (Å²) in [4.78, 5) is -0.118. The fraction of sp³-hybridized carbons (Fsp3) is 0.667. The number of halogens is 3. The maximum absolute atomic E-state index is 12.4. The number of rotatable bonds is 7. The molecule has 122 valence electrons. The van der Waals surface area contributed by atoms with Crippen LogP contribution in [0.4, 0.5) is 13.2 Å². The molecule has 0 fully saturated rings. The zero-order valence-electron chi connectivity index (χ0n) is 12.2. The van der Waals surface area contributed by atoms with Crippen LogP contribution in [0, 0.1) is 0 Å². The SMILES string of the molecule is CCCn1cc(S(=O)(=O)N(C)CC(F)(F)F)cc1CNC. The molecule has 0 aliphatic rings. The van der Waals surface area contributed by atoms with Gasteiger partial charge < -0.3 is 9.88 Å². The summed E-state index contributed by atoms with van der Waals surface area (Å²) in [6.07, 6.45) is -2.39. The number of hydrogen-bond donors (Lipinski definition) is 1. The van der Waals surface area contributed by atoms with E-state index in [4.69, 9.17) is 0 Å². The van der Waals surface area contributed by atoms with Crippen LogP contribution in [0.1, 0.15) is 19.0 Å². The fourth-order valence-corrected chi connectivity index (χ4v) is 3.18. The molecule has 0 atom stereocenters. The van der Waals surface area contributed by atoms with Crippen molar-refractivity contribution >= 4 is 10.0 Å². The molecule has 0 saturated carbocycles. The van der Waals surface area contributed by atoms with E-state index < -0.39 is 22.7 Å². The van der Waals surface area contributed by atoms with Gasteiger partial charge in [0, 0.05) is 32.0 Å². The normalized spacial score (nSPS) is 13.1. The molecule has 0 aliphatic heterocycles. The van der Waals surface area contributed by atoms with Crippen molar-refractivity contribution < 1.29 is 21.6 Å². The van der Waals surface area contributed by atoms with Crippen LogP contribution in [0.3, 0.4) is 0 Å². The molecule has 1 aromatic rings. The molecule has 5 nitrogen and oxygen atoms in total. The maximum atomic E-state index is 12.4. The van der Waals surface area contributed by atoms with Crippen molar-refractivity contribution in [2.24, 2.45) is 0 Å². The van der Waals surface area contributed by atoms with Crippen LogP contribution in [-0.4, -0.2) is 44.1 Å². The summed E-state index contributed by atoms with van der Waals surface area (Å²) >= 11 is 0. The Morgan fingerprint density at radius 2 is 2.00 bits per heavy atom. The van der Waals surface area contributed by atoms with Gasteiger partial charge in [-0.1, -0.05) is 6.92 Å². The number of hydrogen-bond acceptors (Lipinski definition) is 3. The first-order valence-corrected chi connectivity index (χ1v) is 7.92. The van der Waals surface area contributed by atoms with E-state index in [9.17, 15) is 21.6 Å². The van der Waals surface area contributed by atoms with Crippen molar-refractivity contribution in [1.29, 1.82) is 0 Å². The monoisotopic (exact) mass is 327 g/mol. The number of alkyl halides is 3. The zero-order valence-corrected chi connectivity index (χ0v) is 13.1. The van der Waals surface area contributed by atoms with Crippen molar-refractivity contribution in [3.63, 3.8) is 0 Å². The number of sulfonamides is 1. The molecule has 0 spiro atoms. The second-order valence-corrected chi connectivity index (χ2v) is 6.81. The van der Waals surface area contributed by atoms with Crippen LogP contribution in [0.2, 0.25) is 0 Å². The van der Waals surface area contributed by atoms with E-state index >= 15 is 0 Å². The third-order valence-electron chi connectivity index (χ3n) is 2.89. The van der Waals surface area contributed by atoms with Crippen molar-refractivity contribution in [1.82, 2.24) is 14.2 Å². The molecule has 21 heavy (non-hydrogen) atoms. The second kappa shape index (κ2) is 6.80. The number of nitrogens with zero attached hydrogens (tertiary/aromatic N) is 2. The molecule has 0 saturated heterocycles. The van der Waals surface area contributed by atoms with Crippen molar-refractivity contribution in [2.45, 2.75) is 37.5 Å². The Hall–Kier alpha value is -1.06. The van der Waals surface area contributed by atoms with Gasteiger partial charge in [-0.2, -0.15) is 17.5 Å². The second-order valence-electron chi connectivity index (χ2n) is 4.77. The molecule has 0 aliphatic carbocycles. The number of aryl methyl sites for hydroxylation is 1. The first-order valence-electron chi connectivity index (χ1n) is 6.48. The Kier molecular flexibility index (Phi) is 5.83. The number of aromatic nitrogens is 1. The van der Waals surface area contributed by atoms with Gasteiger partial charge in [0.1, 0.15) is 11.4 Å². The highest BCUT2D eigenvalue weighted by Crippen LogP contribution is 2.23. The van der Waals surface area contributed by atoms with Gasteiger partial charge in [-0.25, -0.2) is 8.42 Å². The largest absolute Gasteiger partial charge is 0.402 e. The van der Waals surface area contributed by atoms with Gasteiger partial charge in [-0.05, 0) is 19.5 Å². The summed E-state index contributed by atoms with van der Waals surface area (Å²) in [6.45, 7) is 1.48. The molecule has 1 aromatic heterocycles. The molecule has 1 N–H and O–H groups in total. The standard InChI is InChI=1S/C12H20F3N3O2S/c1-4-5-18-8-11(6-10(18)7-16-2)21(19,20)17(3)9-12(13,14)15/h6,8,16H,4-5,7,9H2,1-3H3. The van der Waals surface area contributed by atoms with Crippen molar-refractivity contribution in [3.05, 3.63) is 18.0 Å². The summed E-state index contributed by atoms with van der Waals surface area (Å²) < 4.78 is 63.5. The molecule has 0 radical (unpaired) electrons. The van der Waals surface area contributed by atoms with Gasteiger partial charge >= 0.3 is 6.18 Å². The van der Waals surface area contributed by atoms with Gasteiger partial charge in [-0.15, -0.1) is 0 Å². The average molecular weight is 327 g/mol. The predicted molar refractivity (Wildman–Crippen MR) is 73.4 cm³/mol. The van der Waals surface area contributed by atoms with Crippen molar-refractivity contribution in [2.75, 3.05) is 20.6 Å². The highest BCUT2D eigenvalue weighted by molar-refractivity contribution is 7.89. The third kappa shape index (κ3) is 4.72. The molecule has 1 rings (SSSR count). The minimum atomic E-state index is -4.57. The molecule has 1 heterocycles.